The van der Waals surface area contributed by atoms with Crippen LogP contribution < -0.4 is 5.32 Å². The zero-order chi connectivity index (χ0) is 13.5. The fourth-order valence-corrected chi connectivity index (χ4v) is 2.68. The maximum Gasteiger partial charge on any atom is 0.257 e. The fourth-order valence-electron chi connectivity index (χ4n) is 1.83. The summed E-state index contributed by atoms with van der Waals surface area (Å²) in [6, 6.07) is 2.08. The number of hydrogen-bond acceptors (Lipinski definition) is 4. The number of amides is 1. The molecule has 1 N–H and O–H groups in total. The van der Waals surface area contributed by atoms with Gasteiger partial charge in [0.25, 0.3) is 5.91 Å². The highest BCUT2D eigenvalue weighted by Crippen LogP contribution is 2.17. The van der Waals surface area contributed by atoms with Gasteiger partial charge in [-0.3, -0.25) is 9.78 Å². The van der Waals surface area contributed by atoms with Gasteiger partial charge in [0, 0.05) is 44.0 Å². The maximum atomic E-state index is 12.4. The second-order valence-electron chi connectivity index (χ2n) is 4.10. The smallest absolute Gasteiger partial charge is 0.257 e. The van der Waals surface area contributed by atoms with E-state index in [-0.39, 0.29) is 11.9 Å². The van der Waals surface area contributed by atoms with Crippen LogP contribution in [0.15, 0.2) is 18.5 Å². The Morgan fingerprint density at radius 3 is 2.89 bits per heavy atom. The van der Waals surface area contributed by atoms with Gasteiger partial charge in [0.05, 0.1) is 5.56 Å². The normalized spacial score (nSPS) is 12.0. The van der Waals surface area contributed by atoms with Crippen LogP contribution in [-0.2, 0) is 0 Å². The monoisotopic (exact) mass is 267 g/mol. The van der Waals surface area contributed by atoms with Gasteiger partial charge in [-0.15, -0.1) is 0 Å². The Morgan fingerprint density at radius 2 is 2.33 bits per heavy atom. The number of carbonyl (C=O) groups is 1. The SMILES string of the molecule is CCC(CSC)N(C)C(=O)c1cnccc1NC. The van der Waals surface area contributed by atoms with Gasteiger partial charge in [0.2, 0.25) is 0 Å². The molecule has 4 nitrogen and oxygen atoms in total. The van der Waals surface area contributed by atoms with Gasteiger partial charge < -0.3 is 10.2 Å². The summed E-state index contributed by atoms with van der Waals surface area (Å²) in [5, 5.41) is 3.03. The summed E-state index contributed by atoms with van der Waals surface area (Å²) in [6.45, 7) is 2.10. The van der Waals surface area contributed by atoms with E-state index in [1.807, 2.05) is 25.1 Å². The van der Waals surface area contributed by atoms with Crippen molar-refractivity contribution in [3.63, 3.8) is 0 Å². The van der Waals surface area contributed by atoms with Gasteiger partial charge in [0.1, 0.15) is 0 Å². The number of hydrogen-bond donors (Lipinski definition) is 1. The Bertz CT molecular complexity index is 398. The second-order valence-corrected chi connectivity index (χ2v) is 5.02. The lowest BCUT2D eigenvalue weighted by Crippen LogP contribution is -2.38. The van der Waals surface area contributed by atoms with Gasteiger partial charge in [-0.25, -0.2) is 0 Å². The van der Waals surface area contributed by atoms with Gasteiger partial charge in [-0.1, -0.05) is 6.92 Å². The summed E-state index contributed by atoms with van der Waals surface area (Å²) < 4.78 is 0. The van der Waals surface area contributed by atoms with Crippen LogP contribution in [0.2, 0.25) is 0 Å². The van der Waals surface area contributed by atoms with Crippen molar-refractivity contribution in [1.82, 2.24) is 9.88 Å². The zero-order valence-electron chi connectivity index (χ0n) is 11.4. The Balaban J connectivity index is 2.91. The van der Waals surface area contributed by atoms with Gasteiger partial charge >= 0.3 is 0 Å². The molecule has 0 aliphatic heterocycles. The highest BCUT2D eigenvalue weighted by atomic mass is 32.2. The molecule has 1 unspecified atom stereocenters. The van der Waals surface area contributed by atoms with Crippen LogP contribution in [0.25, 0.3) is 0 Å². The Hall–Kier alpha value is -1.23. The minimum Gasteiger partial charge on any atom is -0.387 e. The van der Waals surface area contributed by atoms with E-state index in [4.69, 9.17) is 0 Å². The van der Waals surface area contributed by atoms with Crippen molar-refractivity contribution >= 4 is 23.4 Å². The molecule has 1 rings (SSSR count). The Morgan fingerprint density at radius 1 is 1.61 bits per heavy atom. The highest BCUT2D eigenvalue weighted by molar-refractivity contribution is 7.98. The number of aromatic nitrogens is 1. The third-order valence-corrected chi connectivity index (χ3v) is 3.74. The van der Waals surface area contributed by atoms with E-state index in [0.717, 1.165) is 17.9 Å². The first kappa shape index (κ1) is 14.8. The number of rotatable bonds is 6. The average Bonchev–Trinajstić information content (AvgIpc) is 2.43. The molecule has 0 saturated heterocycles. The molecule has 1 aromatic heterocycles. The lowest BCUT2D eigenvalue weighted by molar-refractivity contribution is 0.0744. The van der Waals surface area contributed by atoms with E-state index < -0.39 is 0 Å². The van der Waals surface area contributed by atoms with Crippen molar-refractivity contribution in [2.24, 2.45) is 0 Å². The second kappa shape index (κ2) is 7.26. The molecule has 0 bridgehead atoms. The number of nitrogens with one attached hydrogen (secondary N) is 1. The van der Waals surface area contributed by atoms with Crippen molar-refractivity contribution in [2.45, 2.75) is 19.4 Å². The summed E-state index contributed by atoms with van der Waals surface area (Å²) in [7, 11) is 3.67. The van der Waals surface area contributed by atoms with Crippen LogP contribution in [-0.4, -0.2) is 47.9 Å². The summed E-state index contributed by atoms with van der Waals surface area (Å²) in [6.07, 6.45) is 6.32. The van der Waals surface area contributed by atoms with Crippen LogP contribution in [0, 0.1) is 0 Å². The van der Waals surface area contributed by atoms with E-state index in [0.29, 0.717) is 5.56 Å². The number of anilines is 1. The minimum atomic E-state index is 0.0216. The quantitative estimate of drug-likeness (QED) is 0.859. The number of carbonyl (C=O) groups excluding carboxylic acids is 1. The summed E-state index contributed by atoms with van der Waals surface area (Å²) in [5.41, 5.74) is 1.45. The molecule has 0 radical (unpaired) electrons. The first-order valence-corrected chi connectivity index (χ1v) is 7.42. The summed E-state index contributed by atoms with van der Waals surface area (Å²) in [5.74, 6) is 0.974. The molecule has 1 amide bonds. The van der Waals surface area contributed by atoms with Crippen LogP contribution in [0.1, 0.15) is 23.7 Å². The van der Waals surface area contributed by atoms with Crippen LogP contribution in [0.3, 0.4) is 0 Å². The van der Waals surface area contributed by atoms with E-state index in [2.05, 4.69) is 23.5 Å². The van der Waals surface area contributed by atoms with Crippen molar-refractivity contribution in [3.05, 3.63) is 24.0 Å². The molecule has 0 aliphatic carbocycles. The summed E-state index contributed by atoms with van der Waals surface area (Å²) in [4.78, 5) is 18.3. The predicted octanol–water partition coefficient (Wildman–Crippen LogP) is 2.34. The molecule has 0 saturated carbocycles. The molecule has 1 aromatic rings. The summed E-state index contributed by atoms with van der Waals surface area (Å²) >= 11 is 1.76. The third-order valence-electron chi connectivity index (χ3n) is 3.02. The van der Waals surface area contributed by atoms with Crippen LogP contribution >= 0.6 is 11.8 Å². The van der Waals surface area contributed by atoms with Gasteiger partial charge in [-0.05, 0) is 18.7 Å². The first-order chi connectivity index (χ1) is 8.65. The molecule has 18 heavy (non-hydrogen) atoms. The van der Waals surface area contributed by atoms with E-state index >= 15 is 0 Å². The molecule has 5 heteroatoms. The Labute approximate surface area is 113 Å². The molecule has 0 aliphatic rings. The van der Waals surface area contributed by atoms with Crippen molar-refractivity contribution < 1.29 is 4.79 Å². The van der Waals surface area contributed by atoms with Crippen molar-refractivity contribution in [1.29, 1.82) is 0 Å². The van der Waals surface area contributed by atoms with Gasteiger partial charge in [-0.2, -0.15) is 11.8 Å². The van der Waals surface area contributed by atoms with Crippen LogP contribution in [0.4, 0.5) is 5.69 Å². The number of thioether (sulfide) groups is 1. The lowest BCUT2D eigenvalue weighted by Gasteiger charge is -2.27. The van der Waals surface area contributed by atoms with E-state index in [1.54, 1.807) is 24.2 Å². The molecule has 1 atom stereocenters. The largest absolute Gasteiger partial charge is 0.387 e. The molecule has 0 aromatic carbocycles. The molecular weight excluding hydrogens is 246 g/mol. The maximum absolute atomic E-state index is 12.4. The van der Waals surface area contributed by atoms with E-state index in [1.165, 1.54) is 0 Å². The van der Waals surface area contributed by atoms with E-state index in [9.17, 15) is 4.79 Å². The zero-order valence-corrected chi connectivity index (χ0v) is 12.3. The number of nitrogens with zero attached hydrogens (tertiary/aromatic N) is 2. The molecule has 100 valence electrons. The van der Waals surface area contributed by atoms with Crippen LogP contribution in [0.5, 0.6) is 0 Å². The predicted molar refractivity (Wildman–Crippen MR) is 78.3 cm³/mol. The minimum absolute atomic E-state index is 0.0216. The third kappa shape index (κ3) is 3.38. The molecule has 1 heterocycles. The molecular formula is C13H21N3OS. The fraction of sp³-hybridized carbons (Fsp3) is 0.538. The Kier molecular flexibility index (Phi) is 5.98. The standard InChI is InChI=1S/C13H21N3OS/c1-5-10(9-18-4)16(3)13(17)11-8-15-7-6-12(11)14-2/h6-8,10H,5,9H2,1-4H3,(H,14,15). The number of pyridine rings is 1. The molecule has 0 fully saturated rings. The van der Waals surface area contributed by atoms with Crippen molar-refractivity contribution in [3.8, 4) is 0 Å². The molecule has 0 spiro atoms. The first-order valence-electron chi connectivity index (χ1n) is 6.03. The lowest BCUT2D eigenvalue weighted by atomic mass is 10.1. The highest BCUT2D eigenvalue weighted by Gasteiger charge is 2.21. The average molecular weight is 267 g/mol. The van der Waals surface area contributed by atoms with Crippen molar-refractivity contribution in [2.75, 3.05) is 31.4 Å². The van der Waals surface area contributed by atoms with Gasteiger partial charge in [0.15, 0.2) is 0 Å². The topological polar surface area (TPSA) is 45.2 Å².